The highest BCUT2D eigenvalue weighted by Crippen LogP contribution is 2.67. The minimum absolute atomic E-state index is 0.302. The van der Waals surface area contributed by atoms with Crippen LogP contribution in [0.4, 0.5) is 0 Å². The number of nitriles is 1. The Morgan fingerprint density at radius 1 is 0.444 bits per heavy atom. The monoisotopic (exact) mass is 1390 g/mol. The third-order valence-corrected chi connectivity index (χ3v) is 27.9. The molecule has 0 radical (unpaired) electrons. The minimum Gasteiger partial charge on any atom is -0.361 e. The van der Waals surface area contributed by atoms with E-state index >= 15 is 0 Å². The quantitative estimate of drug-likeness (QED) is 0.0322. The van der Waals surface area contributed by atoms with Crippen LogP contribution in [0, 0.1) is 16.7 Å². The second kappa shape index (κ2) is 27.2. The van der Waals surface area contributed by atoms with E-state index in [2.05, 4.69) is 179 Å². The van der Waals surface area contributed by atoms with E-state index in [4.69, 9.17) is 59.4 Å². The molecule has 0 aromatic carbocycles. The molecule has 99 heavy (non-hydrogen) atoms. The van der Waals surface area contributed by atoms with Crippen molar-refractivity contribution in [1.82, 2.24) is 104 Å². The van der Waals surface area contributed by atoms with Crippen molar-refractivity contribution in [3.63, 3.8) is 0 Å². The van der Waals surface area contributed by atoms with Crippen LogP contribution in [-0.2, 0) is 51.0 Å². The summed E-state index contributed by atoms with van der Waals surface area (Å²) >= 11 is 0. The molecule has 6 fully saturated rings. The smallest absolute Gasteiger partial charge is 0.145 e. The van der Waals surface area contributed by atoms with Crippen LogP contribution in [0.15, 0.2) is 93.0 Å². The van der Waals surface area contributed by atoms with Gasteiger partial charge in [-0.25, -0.2) is 29.9 Å². The van der Waals surface area contributed by atoms with Crippen LogP contribution in [0.1, 0.15) is 38.5 Å². The lowest BCUT2D eigenvalue weighted by molar-refractivity contribution is -0.264. The lowest BCUT2D eigenvalue weighted by Gasteiger charge is -2.75. The van der Waals surface area contributed by atoms with Crippen molar-refractivity contribution >= 4 is 57.3 Å². The number of piperidine rings is 3. The molecule has 6 aliphatic heterocycles. The van der Waals surface area contributed by atoms with Gasteiger partial charge >= 0.3 is 0 Å². The number of likely N-dealkylation sites (tertiary alicyclic amines) is 3. The molecule has 0 saturated carbocycles. The first kappa shape index (κ1) is 68.1. The number of hydrogen-bond donors (Lipinski definition) is 3. The Balaban J connectivity index is 0.919. The van der Waals surface area contributed by atoms with Gasteiger partial charge in [0, 0.05) is 171 Å². The van der Waals surface area contributed by atoms with E-state index in [-0.39, 0.29) is 0 Å². The van der Waals surface area contributed by atoms with Crippen LogP contribution in [0.5, 0.6) is 0 Å². The zero-order valence-electron chi connectivity index (χ0n) is 59.7. The molecule has 0 aliphatic carbocycles. The number of ether oxygens (including phenoxy) is 3. The fourth-order valence-electron chi connectivity index (χ4n) is 17.1. The molecule has 0 amide bonds. The molecule has 0 atom stereocenters. The molecule has 9 aromatic rings. The molecule has 9 aromatic heterocycles. The Hall–Kier alpha value is -6.73. The Morgan fingerprint density at radius 3 is 0.990 bits per heavy atom. The number of nitrogens with zero attached hydrogens (tertiary/aromatic N) is 19. The van der Waals surface area contributed by atoms with Crippen LogP contribution in [-0.4, -0.2) is 228 Å². The third-order valence-electron chi connectivity index (χ3n) is 22.8. The van der Waals surface area contributed by atoms with Gasteiger partial charge in [0.05, 0.1) is 41.7 Å². The van der Waals surface area contributed by atoms with Gasteiger partial charge in [-0.3, -0.25) is 28.7 Å². The lowest BCUT2D eigenvalue weighted by Crippen LogP contribution is -2.91. The summed E-state index contributed by atoms with van der Waals surface area (Å²) in [5.41, 5.74) is 2.94. The summed E-state index contributed by atoms with van der Waals surface area (Å²) in [6.07, 6.45) is 29.8. The predicted octanol–water partition coefficient (Wildman–Crippen LogP) is 8.65. The zero-order valence-corrected chi connectivity index (χ0v) is 62.7. The molecular formula is C71H102N22O3Si3. The molecule has 28 heteroatoms. The highest BCUT2D eigenvalue weighted by Gasteiger charge is 2.83. The van der Waals surface area contributed by atoms with Crippen molar-refractivity contribution in [1.29, 1.82) is 5.26 Å². The second-order valence-corrected chi connectivity index (χ2v) is 49.8. The summed E-state index contributed by atoms with van der Waals surface area (Å²) in [5.74, 6) is 0. The summed E-state index contributed by atoms with van der Waals surface area (Å²) in [6.45, 7) is 33.7. The van der Waals surface area contributed by atoms with E-state index in [1.807, 2.05) is 18.6 Å². The number of nitrogens with one attached hydrogen (secondary N) is 3. The number of fused-ring (bicyclic) bond motifs is 3. The van der Waals surface area contributed by atoms with E-state index in [1.165, 1.54) is 0 Å². The summed E-state index contributed by atoms with van der Waals surface area (Å²) in [7, 11) is -3.91. The van der Waals surface area contributed by atoms with Gasteiger partial charge in [-0.05, 0) is 114 Å². The lowest BCUT2D eigenvalue weighted by atomic mass is 9.43. The van der Waals surface area contributed by atoms with Crippen molar-refractivity contribution in [2.24, 2.45) is 5.41 Å². The summed E-state index contributed by atoms with van der Waals surface area (Å²) in [4.78, 5) is 37.9. The van der Waals surface area contributed by atoms with Crippen LogP contribution in [0.2, 0.25) is 77.1 Å². The van der Waals surface area contributed by atoms with Crippen molar-refractivity contribution in [3.8, 4) is 39.8 Å². The van der Waals surface area contributed by atoms with E-state index < -0.39 is 46.3 Å². The Kier molecular flexibility index (Phi) is 18.7. The van der Waals surface area contributed by atoms with E-state index in [1.54, 1.807) is 19.0 Å². The van der Waals surface area contributed by atoms with Gasteiger partial charge in [0.1, 0.15) is 78.1 Å². The second-order valence-electron chi connectivity index (χ2n) is 32.9. The maximum absolute atomic E-state index is 14.0. The molecule has 0 spiro atoms. The molecular weight excluding hydrogens is 1290 g/mol. The molecule has 15 rings (SSSR count). The van der Waals surface area contributed by atoms with E-state index in [9.17, 15) is 5.26 Å². The first-order valence-corrected chi connectivity index (χ1v) is 47.5. The summed E-state index contributed by atoms with van der Waals surface area (Å²) < 4.78 is 31.9. The molecule has 3 N–H and O–H groups in total. The summed E-state index contributed by atoms with van der Waals surface area (Å²) in [5, 5.41) is 44.7. The number of aromatic nitrogens is 15. The standard InChI is InChI=1S/C71H102N22O3Si3/c1-97(2,3)31-28-94-50-85-25-16-59-62(76-47-79-65(59)85)53-34-82-91(37-53)68(41-88(42-68)56-10-19-73-20-11-56)71(40-72,69(43-89(44-69)57-12-21-74-22-13-57)92-38-54(35-83-92)63-60-17-26-86(66(60)80-48-77-63)51-95-29-32-98(4,5)6)70(45-90(46-70)58-14-23-75-24-15-58)93-39-55(36-84-93)64-61-18-27-87(67(61)81-49-78-64)52-96-30-33-99(7,8)9/h16-18,25-27,34-39,47-49,56-58,73-75H,10-15,19-24,28-33,41-46,50-52H2,1-9H3. The Labute approximate surface area is 584 Å². The Bertz CT molecular complexity index is 3890. The van der Waals surface area contributed by atoms with Crippen molar-refractivity contribution in [3.05, 3.63) is 93.0 Å². The fourth-order valence-corrected chi connectivity index (χ4v) is 19.4. The molecule has 6 aliphatic rings. The van der Waals surface area contributed by atoms with Crippen LogP contribution in [0.3, 0.4) is 0 Å². The molecule has 0 unspecified atom stereocenters. The van der Waals surface area contributed by atoms with Crippen LogP contribution >= 0.6 is 0 Å². The maximum Gasteiger partial charge on any atom is 0.145 e. The average molecular weight is 1400 g/mol. The third kappa shape index (κ3) is 12.7. The normalized spacial score (nSPS) is 20.2. The van der Waals surface area contributed by atoms with Gasteiger partial charge < -0.3 is 43.9 Å². The molecule has 526 valence electrons. The maximum atomic E-state index is 14.0. The number of rotatable bonds is 27. The highest BCUT2D eigenvalue weighted by atomic mass is 28.3. The van der Waals surface area contributed by atoms with E-state index in [0.717, 1.165) is 163 Å². The predicted molar refractivity (Wildman–Crippen MR) is 393 cm³/mol. The molecule has 6 saturated heterocycles. The first-order chi connectivity index (χ1) is 47.8. The largest absolute Gasteiger partial charge is 0.361 e. The highest BCUT2D eigenvalue weighted by molar-refractivity contribution is 6.76. The van der Waals surface area contributed by atoms with Crippen molar-refractivity contribution < 1.29 is 14.2 Å². The van der Waals surface area contributed by atoms with Crippen molar-refractivity contribution in [2.75, 3.05) is 98.4 Å². The topological polar surface area (TPSA) is 243 Å². The minimum atomic E-state index is -1.37. The van der Waals surface area contributed by atoms with Gasteiger partial charge in [-0.1, -0.05) is 58.9 Å². The SMILES string of the molecule is C[Si](C)(C)CCOCn1ccc2c(-c3cnn(C4(C(C#N)(C5(n6cc(-c7ncnc8c7ccn8COCC[Si](C)(C)C)cn6)CN(C6CCNCC6)C5)C5(n6cc(-c7ncnc8c7ccn8COCC[Si](C)(C)C)cn6)CN(C6CCNCC6)C5)CN(C5CCNCC5)C4)c3)ncnc21. The van der Waals surface area contributed by atoms with E-state index in [0.29, 0.717) is 97.4 Å². The molecule has 0 bridgehead atoms. The first-order valence-electron chi connectivity index (χ1n) is 36.3. The van der Waals surface area contributed by atoms with Gasteiger partial charge in [-0.15, -0.1) is 0 Å². The van der Waals surface area contributed by atoms with Gasteiger partial charge in [0.2, 0.25) is 0 Å². The summed E-state index contributed by atoms with van der Waals surface area (Å²) in [6, 6.07) is 14.0. The van der Waals surface area contributed by atoms with Gasteiger partial charge in [-0.2, -0.15) is 20.6 Å². The van der Waals surface area contributed by atoms with Crippen LogP contribution in [0.25, 0.3) is 66.9 Å². The number of hydrogen-bond acceptors (Lipinski definition) is 19. The van der Waals surface area contributed by atoms with Crippen LogP contribution < -0.4 is 16.0 Å². The Morgan fingerprint density at radius 2 is 0.727 bits per heavy atom. The zero-order chi connectivity index (χ0) is 68.4. The molecule has 15 heterocycles. The molecule has 25 nitrogen and oxygen atoms in total. The average Bonchev–Trinajstić information content (AvgIpc) is 1.48. The van der Waals surface area contributed by atoms with Gasteiger partial charge in [0.15, 0.2) is 0 Å². The fraction of sp³-hybridized carbons (Fsp3) is 0.606. The van der Waals surface area contributed by atoms with Crippen molar-refractivity contribution in [2.45, 2.75) is 171 Å². The van der Waals surface area contributed by atoms with Gasteiger partial charge in [0.25, 0.3) is 0 Å².